The summed E-state index contributed by atoms with van der Waals surface area (Å²) < 4.78 is 5.42. The summed E-state index contributed by atoms with van der Waals surface area (Å²) in [5.41, 5.74) is 1.23. The van der Waals surface area contributed by atoms with E-state index >= 15 is 0 Å². The Hall–Kier alpha value is -0.380. The van der Waals surface area contributed by atoms with Crippen LogP contribution >= 0.6 is 0 Å². The zero-order valence-corrected chi connectivity index (χ0v) is 9.38. The van der Waals surface area contributed by atoms with Crippen LogP contribution in [0.2, 0.25) is 0 Å². The van der Waals surface area contributed by atoms with Gasteiger partial charge in [-0.25, -0.2) is 0 Å². The van der Waals surface area contributed by atoms with E-state index in [1.165, 1.54) is 5.57 Å². The lowest BCUT2D eigenvalue weighted by Gasteiger charge is -2.29. The van der Waals surface area contributed by atoms with E-state index in [1.807, 2.05) is 0 Å². The molecule has 0 aromatic rings. The van der Waals surface area contributed by atoms with Gasteiger partial charge < -0.3 is 10.1 Å². The fourth-order valence-corrected chi connectivity index (χ4v) is 1.74. The molecule has 0 aliphatic carbocycles. The quantitative estimate of drug-likeness (QED) is 0.664. The number of nitrogens with one attached hydrogen (secondary N) is 1. The summed E-state index contributed by atoms with van der Waals surface area (Å²) in [5.74, 6) is 0. The van der Waals surface area contributed by atoms with Gasteiger partial charge >= 0.3 is 0 Å². The Morgan fingerprint density at radius 3 is 2.93 bits per heavy atom. The average Bonchev–Trinajstić information content (AvgIpc) is 2.17. The largest absolute Gasteiger partial charge is 0.378 e. The van der Waals surface area contributed by atoms with Gasteiger partial charge in [-0.15, -0.1) is 0 Å². The number of morpholine rings is 1. The van der Waals surface area contributed by atoms with Crippen LogP contribution in [-0.2, 0) is 4.74 Å². The summed E-state index contributed by atoms with van der Waals surface area (Å²) in [4.78, 5) is 2.40. The Morgan fingerprint density at radius 1 is 1.64 bits per heavy atom. The van der Waals surface area contributed by atoms with E-state index in [-0.39, 0.29) is 0 Å². The predicted octanol–water partition coefficient (Wildman–Crippen LogP) is 0.873. The molecular weight excluding hydrogens is 176 g/mol. The molecule has 0 radical (unpaired) electrons. The van der Waals surface area contributed by atoms with Crippen LogP contribution in [0, 0.1) is 0 Å². The highest BCUT2D eigenvalue weighted by atomic mass is 16.5. The van der Waals surface area contributed by atoms with Crippen LogP contribution in [0.3, 0.4) is 0 Å². The molecule has 1 aliphatic rings. The van der Waals surface area contributed by atoms with E-state index in [1.54, 1.807) is 0 Å². The molecule has 0 amide bonds. The Labute approximate surface area is 87.1 Å². The van der Waals surface area contributed by atoms with Crippen molar-refractivity contribution in [3.05, 3.63) is 12.2 Å². The van der Waals surface area contributed by atoms with Crippen molar-refractivity contribution >= 4 is 0 Å². The molecule has 1 unspecified atom stereocenters. The summed E-state index contributed by atoms with van der Waals surface area (Å²) in [5, 5.41) is 3.46. The Morgan fingerprint density at radius 2 is 2.43 bits per heavy atom. The molecule has 3 nitrogen and oxygen atoms in total. The van der Waals surface area contributed by atoms with Crippen molar-refractivity contribution in [3.8, 4) is 0 Å². The van der Waals surface area contributed by atoms with Gasteiger partial charge in [0.05, 0.1) is 13.2 Å². The molecule has 0 bridgehead atoms. The summed E-state index contributed by atoms with van der Waals surface area (Å²) in [6.45, 7) is 14.0. The standard InChI is InChI=1S/C11H22N2O/c1-4-13(7-10(2)3)8-11-9-14-6-5-12-11/h11-12H,2,4-9H2,1,3H3. The zero-order valence-electron chi connectivity index (χ0n) is 9.38. The lowest BCUT2D eigenvalue weighted by Crippen LogP contribution is -2.48. The smallest absolute Gasteiger partial charge is 0.0632 e. The topological polar surface area (TPSA) is 24.5 Å². The number of nitrogens with zero attached hydrogens (tertiary/aromatic N) is 1. The molecule has 1 rings (SSSR count). The number of hydrogen-bond donors (Lipinski definition) is 1. The van der Waals surface area contributed by atoms with Gasteiger partial charge in [-0.2, -0.15) is 0 Å². The van der Waals surface area contributed by atoms with Crippen molar-refractivity contribution in [3.63, 3.8) is 0 Å². The number of rotatable bonds is 5. The van der Waals surface area contributed by atoms with Gasteiger partial charge in [0.1, 0.15) is 0 Å². The first-order valence-electron chi connectivity index (χ1n) is 5.40. The fraction of sp³-hybridized carbons (Fsp3) is 0.818. The zero-order chi connectivity index (χ0) is 10.4. The number of ether oxygens (including phenoxy) is 1. The van der Waals surface area contributed by atoms with Crippen LogP contribution in [0.25, 0.3) is 0 Å². The molecule has 3 heteroatoms. The van der Waals surface area contributed by atoms with Crippen molar-refractivity contribution < 1.29 is 4.74 Å². The number of likely N-dealkylation sites (N-methyl/N-ethyl adjacent to an activating group) is 1. The Kier molecular flexibility index (Phi) is 5.15. The normalized spacial score (nSPS) is 22.6. The predicted molar refractivity (Wildman–Crippen MR) is 59.5 cm³/mol. The van der Waals surface area contributed by atoms with E-state index in [2.05, 4.69) is 30.6 Å². The van der Waals surface area contributed by atoms with Crippen LogP contribution < -0.4 is 5.32 Å². The molecule has 0 saturated carbocycles. The summed E-state index contributed by atoms with van der Waals surface area (Å²) in [6.07, 6.45) is 0. The maximum Gasteiger partial charge on any atom is 0.0632 e. The highest BCUT2D eigenvalue weighted by Crippen LogP contribution is 2.00. The van der Waals surface area contributed by atoms with Gasteiger partial charge in [-0.05, 0) is 13.5 Å². The highest BCUT2D eigenvalue weighted by molar-refractivity contribution is 4.92. The minimum Gasteiger partial charge on any atom is -0.378 e. The Bertz CT molecular complexity index is 176. The van der Waals surface area contributed by atoms with Crippen LogP contribution in [0.15, 0.2) is 12.2 Å². The molecule has 1 atom stereocenters. The van der Waals surface area contributed by atoms with Gasteiger partial charge in [-0.1, -0.05) is 19.1 Å². The van der Waals surface area contributed by atoms with E-state index in [0.717, 1.165) is 39.4 Å². The van der Waals surface area contributed by atoms with Crippen LogP contribution in [0.5, 0.6) is 0 Å². The molecule has 1 fully saturated rings. The first kappa shape index (κ1) is 11.7. The van der Waals surface area contributed by atoms with E-state index < -0.39 is 0 Å². The monoisotopic (exact) mass is 198 g/mol. The third-order valence-electron chi connectivity index (χ3n) is 2.42. The van der Waals surface area contributed by atoms with Gasteiger partial charge in [-0.3, -0.25) is 4.90 Å². The van der Waals surface area contributed by atoms with E-state index in [9.17, 15) is 0 Å². The molecule has 0 spiro atoms. The Balaban J connectivity index is 2.27. The maximum absolute atomic E-state index is 5.42. The molecule has 82 valence electrons. The lowest BCUT2D eigenvalue weighted by atomic mass is 10.2. The molecule has 1 saturated heterocycles. The fourth-order valence-electron chi connectivity index (χ4n) is 1.74. The van der Waals surface area contributed by atoms with Crippen molar-refractivity contribution in [2.24, 2.45) is 0 Å². The highest BCUT2D eigenvalue weighted by Gasteiger charge is 2.15. The SMILES string of the molecule is C=C(C)CN(CC)CC1COCCN1. The minimum absolute atomic E-state index is 0.489. The molecule has 1 N–H and O–H groups in total. The van der Waals surface area contributed by atoms with E-state index in [4.69, 9.17) is 4.74 Å². The molecule has 0 aromatic heterocycles. The first-order valence-corrected chi connectivity index (χ1v) is 5.40. The van der Waals surface area contributed by atoms with Gasteiger partial charge in [0.25, 0.3) is 0 Å². The van der Waals surface area contributed by atoms with Crippen molar-refractivity contribution in [2.75, 3.05) is 39.4 Å². The summed E-state index contributed by atoms with van der Waals surface area (Å²) in [7, 11) is 0. The van der Waals surface area contributed by atoms with Crippen LogP contribution in [0.1, 0.15) is 13.8 Å². The lowest BCUT2D eigenvalue weighted by molar-refractivity contribution is 0.0638. The van der Waals surface area contributed by atoms with Gasteiger partial charge in [0, 0.05) is 25.7 Å². The molecule has 1 heterocycles. The molecule has 1 aliphatic heterocycles. The summed E-state index contributed by atoms with van der Waals surface area (Å²) in [6, 6.07) is 0.489. The second-order valence-electron chi connectivity index (χ2n) is 4.01. The maximum atomic E-state index is 5.42. The van der Waals surface area contributed by atoms with E-state index in [0.29, 0.717) is 6.04 Å². The van der Waals surface area contributed by atoms with Crippen molar-refractivity contribution in [1.82, 2.24) is 10.2 Å². The second-order valence-corrected chi connectivity index (χ2v) is 4.01. The third-order valence-corrected chi connectivity index (χ3v) is 2.42. The second kappa shape index (κ2) is 6.17. The number of hydrogen-bond acceptors (Lipinski definition) is 3. The van der Waals surface area contributed by atoms with Crippen molar-refractivity contribution in [1.29, 1.82) is 0 Å². The van der Waals surface area contributed by atoms with Crippen LogP contribution in [0.4, 0.5) is 0 Å². The van der Waals surface area contributed by atoms with Gasteiger partial charge in [0.2, 0.25) is 0 Å². The third kappa shape index (κ3) is 4.22. The minimum atomic E-state index is 0.489. The molecular formula is C11H22N2O. The average molecular weight is 198 g/mol. The van der Waals surface area contributed by atoms with Crippen molar-refractivity contribution in [2.45, 2.75) is 19.9 Å². The van der Waals surface area contributed by atoms with Gasteiger partial charge in [0.15, 0.2) is 0 Å². The first-order chi connectivity index (χ1) is 6.72. The van der Waals surface area contributed by atoms with Crippen LogP contribution in [-0.4, -0.2) is 50.3 Å². The molecule has 0 aromatic carbocycles. The molecule has 14 heavy (non-hydrogen) atoms. The summed E-state index contributed by atoms with van der Waals surface area (Å²) >= 11 is 0.